The second kappa shape index (κ2) is 8.92. The lowest BCUT2D eigenvalue weighted by Gasteiger charge is -2.25. The van der Waals surface area contributed by atoms with E-state index in [2.05, 4.69) is 44.1 Å². The number of hydrogen-bond acceptors (Lipinski definition) is 3. The Labute approximate surface area is 117 Å². The highest BCUT2D eigenvalue weighted by Crippen LogP contribution is 2.27. The lowest BCUT2D eigenvalue weighted by atomic mass is 9.92. The van der Waals surface area contributed by atoms with Crippen molar-refractivity contribution in [2.45, 2.75) is 53.0 Å². The Morgan fingerprint density at radius 3 is 2.63 bits per heavy atom. The van der Waals surface area contributed by atoms with E-state index in [0.717, 1.165) is 25.3 Å². The topological polar surface area (TPSA) is 34.1 Å². The molecule has 3 nitrogen and oxygen atoms in total. The average Bonchev–Trinajstić information content (AvgIpc) is 2.43. The van der Waals surface area contributed by atoms with E-state index in [1.165, 1.54) is 18.4 Å². The van der Waals surface area contributed by atoms with E-state index < -0.39 is 0 Å². The summed E-state index contributed by atoms with van der Waals surface area (Å²) in [7, 11) is 0. The van der Waals surface area contributed by atoms with Crippen LogP contribution < -0.4 is 10.1 Å². The van der Waals surface area contributed by atoms with Crippen molar-refractivity contribution in [3.05, 3.63) is 24.0 Å². The molecule has 0 amide bonds. The molecule has 1 N–H and O–H groups in total. The van der Waals surface area contributed by atoms with Gasteiger partial charge in [0.25, 0.3) is 0 Å². The SMILES string of the molecule is CCCOc1cncc(C(NCC)C(C)CCC)c1. The monoisotopic (exact) mass is 264 g/mol. The van der Waals surface area contributed by atoms with Crippen LogP contribution in [0.1, 0.15) is 58.6 Å². The van der Waals surface area contributed by atoms with Crippen LogP contribution in [-0.4, -0.2) is 18.1 Å². The van der Waals surface area contributed by atoms with Gasteiger partial charge in [-0.05, 0) is 36.9 Å². The van der Waals surface area contributed by atoms with Crippen molar-refractivity contribution in [1.29, 1.82) is 0 Å². The van der Waals surface area contributed by atoms with Crippen molar-refractivity contribution < 1.29 is 4.74 Å². The van der Waals surface area contributed by atoms with Crippen LogP contribution >= 0.6 is 0 Å². The number of hydrogen-bond donors (Lipinski definition) is 1. The molecule has 0 aliphatic rings. The number of rotatable bonds is 9. The molecule has 0 aliphatic heterocycles. The van der Waals surface area contributed by atoms with Gasteiger partial charge in [0, 0.05) is 12.2 Å². The molecule has 0 fully saturated rings. The molecule has 0 radical (unpaired) electrons. The molecule has 3 heteroatoms. The maximum Gasteiger partial charge on any atom is 0.137 e. The predicted octanol–water partition coefficient (Wildman–Crippen LogP) is 3.96. The zero-order chi connectivity index (χ0) is 14.1. The molecule has 108 valence electrons. The Morgan fingerprint density at radius 1 is 1.21 bits per heavy atom. The van der Waals surface area contributed by atoms with Crippen molar-refractivity contribution in [2.24, 2.45) is 5.92 Å². The highest BCUT2D eigenvalue weighted by Gasteiger charge is 2.18. The van der Waals surface area contributed by atoms with E-state index in [9.17, 15) is 0 Å². The fourth-order valence-corrected chi connectivity index (χ4v) is 2.39. The van der Waals surface area contributed by atoms with E-state index in [0.29, 0.717) is 12.0 Å². The van der Waals surface area contributed by atoms with Crippen molar-refractivity contribution in [1.82, 2.24) is 10.3 Å². The van der Waals surface area contributed by atoms with Gasteiger partial charge < -0.3 is 10.1 Å². The molecule has 2 atom stereocenters. The van der Waals surface area contributed by atoms with Gasteiger partial charge in [-0.1, -0.05) is 34.1 Å². The van der Waals surface area contributed by atoms with Crippen LogP contribution in [0.25, 0.3) is 0 Å². The summed E-state index contributed by atoms with van der Waals surface area (Å²) in [4.78, 5) is 4.32. The van der Waals surface area contributed by atoms with E-state index in [4.69, 9.17) is 4.74 Å². The van der Waals surface area contributed by atoms with E-state index in [1.54, 1.807) is 6.20 Å². The first-order valence-corrected chi connectivity index (χ1v) is 7.54. The number of nitrogens with one attached hydrogen (secondary N) is 1. The van der Waals surface area contributed by atoms with Crippen LogP contribution in [0.2, 0.25) is 0 Å². The molecule has 0 bridgehead atoms. The molecule has 1 heterocycles. The van der Waals surface area contributed by atoms with Crippen molar-refractivity contribution in [2.75, 3.05) is 13.2 Å². The average molecular weight is 264 g/mol. The van der Waals surface area contributed by atoms with Crippen molar-refractivity contribution >= 4 is 0 Å². The fraction of sp³-hybridized carbons (Fsp3) is 0.688. The van der Waals surface area contributed by atoms with E-state index in [1.807, 2.05) is 6.20 Å². The zero-order valence-electron chi connectivity index (χ0n) is 12.8. The summed E-state index contributed by atoms with van der Waals surface area (Å²) < 4.78 is 5.67. The number of nitrogens with zero attached hydrogens (tertiary/aromatic N) is 1. The van der Waals surface area contributed by atoms with E-state index >= 15 is 0 Å². The summed E-state index contributed by atoms with van der Waals surface area (Å²) in [5.41, 5.74) is 1.23. The third kappa shape index (κ3) is 5.19. The molecule has 1 aromatic heterocycles. The van der Waals surface area contributed by atoms with Crippen LogP contribution in [0.3, 0.4) is 0 Å². The summed E-state index contributed by atoms with van der Waals surface area (Å²) in [5.74, 6) is 1.49. The Bertz CT molecular complexity index is 354. The summed E-state index contributed by atoms with van der Waals surface area (Å²) in [5, 5.41) is 3.57. The maximum absolute atomic E-state index is 5.67. The Kier molecular flexibility index (Phi) is 7.49. The standard InChI is InChI=1S/C16H28N2O/c1-5-8-13(4)16(18-7-3)14-10-15(12-17-11-14)19-9-6-2/h10-13,16,18H,5-9H2,1-4H3. The minimum Gasteiger partial charge on any atom is -0.492 e. The summed E-state index contributed by atoms with van der Waals surface area (Å²) in [6, 6.07) is 2.49. The van der Waals surface area contributed by atoms with E-state index in [-0.39, 0.29) is 0 Å². The van der Waals surface area contributed by atoms with Crippen LogP contribution in [-0.2, 0) is 0 Å². The molecular formula is C16H28N2O. The number of aromatic nitrogens is 1. The van der Waals surface area contributed by atoms with Gasteiger partial charge in [-0.2, -0.15) is 0 Å². The Balaban J connectivity index is 2.82. The Hall–Kier alpha value is -1.09. The highest BCUT2D eigenvalue weighted by molar-refractivity contribution is 5.26. The molecule has 0 aliphatic carbocycles. The first-order valence-electron chi connectivity index (χ1n) is 7.54. The van der Waals surface area contributed by atoms with Gasteiger partial charge in [-0.3, -0.25) is 4.98 Å². The second-order valence-electron chi connectivity index (χ2n) is 5.10. The van der Waals surface area contributed by atoms with Gasteiger partial charge in [0.2, 0.25) is 0 Å². The van der Waals surface area contributed by atoms with Crippen molar-refractivity contribution in [3.8, 4) is 5.75 Å². The van der Waals surface area contributed by atoms with Gasteiger partial charge >= 0.3 is 0 Å². The molecule has 1 rings (SSSR count). The molecule has 1 aromatic rings. The lowest BCUT2D eigenvalue weighted by Crippen LogP contribution is -2.27. The molecule has 0 saturated carbocycles. The van der Waals surface area contributed by atoms with Gasteiger partial charge in [0.05, 0.1) is 12.8 Å². The van der Waals surface area contributed by atoms with Crippen LogP contribution in [0.5, 0.6) is 5.75 Å². The lowest BCUT2D eigenvalue weighted by molar-refractivity contribution is 0.313. The normalized spacial score (nSPS) is 14.1. The quantitative estimate of drug-likeness (QED) is 0.733. The fourth-order valence-electron chi connectivity index (χ4n) is 2.39. The van der Waals surface area contributed by atoms with Gasteiger partial charge in [-0.15, -0.1) is 0 Å². The molecule has 0 spiro atoms. The predicted molar refractivity (Wildman–Crippen MR) is 80.5 cm³/mol. The van der Waals surface area contributed by atoms with Crippen LogP contribution in [0.4, 0.5) is 0 Å². The minimum absolute atomic E-state index is 0.364. The highest BCUT2D eigenvalue weighted by atomic mass is 16.5. The van der Waals surface area contributed by atoms with Crippen molar-refractivity contribution in [3.63, 3.8) is 0 Å². The molecule has 19 heavy (non-hydrogen) atoms. The van der Waals surface area contributed by atoms with Gasteiger partial charge in [0.15, 0.2) is 0 Å². The number of pyridine rings is 1. The summed E-state index contributed by atoms with van der Waals surface area (Å²) in [6.07, 6.45) is 7.21. The van der Waals surface area contributed by atoms with Gasteiger partial charge in [-0.25, -0.2) is 0 Å². The Morgan fingerprint density at radius 2 is 2.00 bits per heavy atom. The molecular weight excluding hydrogens is 236 g/mol. The van der Waals surface area contributed by atoms with Crippen LogP contribution in [0, 0.1) is 5.92 Å². The smallest absolute Gasteiger partial charge is 0.137 e. The second-order valence-corrected chi connectivity index (χ2v) is 5.10. The third-order valence-electron chi connectivity index (χ3n) is 3.30. The summed E-state index contributed by atoms with van der Waals surface area (Å²) >= 11 is 0. The largest absolute Gasteiger partial charge is 0.492 e. The zero-order valence-corrected chi connectivity index (χ0v) is 12.8. The maximum atomic E-state index is 5.67. The molecule has 0 aromatic carbocycles. The third-order valence-corrected chi connectivity index (χ3v) is 3.30. The van der Waals surface area contributed by atoms with Crippen LogP contribution in [0.15, 0.2) is 18.5 Å². The summed E-state index contributed by atoms with van der Waals surface area (Å²) in [6.45, 7) is 10.5. The number of ether oxygens (including phenoxy) is 1. The first kappa shape index (κ1) is 16.0. The molecule has 0 saturated heterocycles. The van der Waals surface area contributed by atoms with Gasteiger partial charge in [0.1, 0.15) is 5.75 Å². The minimum atomic E-state index is 0.364. The molecule has 2 unspecified atom stereocenters. The first-order chi connectivity index (χ1) is 9.22.